The predicted octanol–water partition coefficient (Wildman–Crippen LogP) is 4.23. The van der Waals surface area contributed by atoms with Crippen LogP contribution in [0.3, 0.4) is 0 Å². The summed E-state index contributed by atoms with van der Waals surface area (Å²) in [7, 11) is 0. The largest absolute Gasteiger partial charge is 0.508 e. The molecule has 3 rings (SSSR count). The number of phenols is 1. The summed E-state index contributed by atoms with van der Waals surface area (Å²) in [6.07, 6.45) is 0.796. The number of phenolic OH excluding ortho intramolecular Hbond substituents is 1. The van der Waals surface area contributed by atoms with Crippen molar-refractivity contribution >= 4 is 5.97 Å². The first-order valence-electron chi connectivity index (χ1n) is 9.34. The van der Waals surface area contributed by atoms with Gasteiger partial charge in [0.2, 0.25) is 0 Å². The maximum absolute atomic E-state index is 11.4. The summed E-state index contributed by atoms with van der Waals surface area (Å²) >= 11 is 0. The molecule has 144 valence electrons. The molecular weight excluding hydrogens is 350 g/mol. The molecule has 0 bridgehead atoms. The van der Waals surface area contributed by atoms with Crippen molar-refractivity contribution in [2.45, 2.75) is 31.2 Å². The Morgan fingerprint density at radius 2 is 1.54 bits per heavy atom. The van der Waals surface area contributed by atoms with Crippen molar-refractivity contribution in [3.8, 4) is 5.75 Å². The normalized spacial score (nSPS) is 14.2. The number of carboxylic acids is 1. The number of aromatic hydroxyl groups is 1. The van der Waals surface area contributed by atoms with Crippen molar-refractivity contribution < 1.29 is 15.0 Å². The SMILES string of the molecule is Cc1ccc(C(CCC(N)C(=O)O)(c2ccccc2)c2cccc(O)c2)cc1. The lowest BCUT2D eigenvalue weighted by Gasteiger charge is -2.37. The lowest BCUT2D eigenvalue weighted by Crippen LogP contribution is -2.35. The zero-order valence-corrected chi connectivity index (χ0v) is 15.9. The minimum atomic E-state index is -1.01. The van der Waals surface area contributed by atoms with Crippen LogP contribution in [-0.2, 0) is 10.2 Å². The molecule has 0 fully saturated rings. The van der Waals surface area contributed by atoms with Crippen LogP contribution in [0.1, 0.15) is 35.1 Å². The molecule has 0 aliphatic carbocycles. The van der Waals surface area contributed by atoms with Crippen molar-refractivity contribution in [2.24, 2.45) is 5.73 Å². The van der Waals surface area contributed by atoms with Crippen molar-refractivity contribution in [2.75, 3.05) is 0 Å². The van der Waals surface area contributed by atoms with Crippen LogP contribution in [0.25, 0.3) is 0 Å². The minimum absolute atomic E-state index is 0.174. The van der Waals surface area contributed by atoms with Gasteiger partial charge in [-0.2, -0.15) is 0 Å². The van der Waals surface area contributed by atoms with Crippen LogP contribution in [0.2, 0.25) is 0 Å². The van der Waals surface area contributed by atoms with Gasteiger partial charge in [-0.3, -0.25) is 4.79 Å². The number of hydrogen-bond donors (Lipinski definition) is 3. The molecule has 0 saturated carbocycles. The molecule has 0 amide bonds. The second kappa shape index (κ2) is 8.28. The minimum Gasteiger partial charge on any atom is -0.508 e. The molecule has 2 atom stereocenters. The quantitative estimate of drug-likeness (QED) is 0.540. The smallest absolute Gasteiger partial charge is 0.320 e. The van der Waals surface area contributed by atoms with Gasteiger partial charge in [0.15, 0.2) is 0 Å². The lowest BCUT2D eigenvalue weighted by molar-refractivity contribution is -0.138. The van der Waals surface area contributed by atoms with E-state index in [4.69, 9.17) is 5.73 Å². The third kappa shape index (κ3) is 3.92. The Kier molecular flexibility index (Phi) is 5.81. The van der Waals surface area contributed by atoms with E-state index in [9.17, 15) is 15.0 Å². The number of aliphatic carboxylic acids is 1. The van der Waals surface area contributed by atoms with Gasteiger partial charge in [0.25, 0.3) is 0 Å². The average molecular weight is 375 g/mol. The molecule has 28 heavy (non-hydrogen) atoms. The van der Waals surface area contributed by atoms with Crippen molar-refractivity contribution in [1.82, 2.24) is 0 Å². The Hall–Kier alpha value is -3.11. The molecule has 4 nitrogen and oxygen atoms in total. The van der Waals surface area contributed by atoms with E-state index in [-0.39, 0.29) is 5.75 Å². The Morgan fingerprint density at radius 3 is 2.14 bits per heavy atom. The van der Waals surface area contributed by atoms with Crippen LogP contribution in [-0.4, -0.2) is 22.2 Å². The standard InChI is InChI=1S/C24H25NO3/c1-17-10-12-19(13-11-17)24(15-14-22(25)23(27)28,18-6-3-2-4-7-18)20-8-5-9-21(26)16-20/h2-13,16,22,26H,14-15,25H2,1H3,(H,27,28). The number of benzene rings is 3. The molecule has 0 radical (unpaired) electrons. The van der Waals surface area contributed by atoms with Crippen LogP contribution < -0.4 is 5.73 Å². The Balaban J connectivity index is 2.24. The molecule has 0 aromatic heterocycles. The molecule has 0 heterocycles. The van der Waals surface area contributed by atoms with E-state index >= 15 is 0 Å². The van der Waals surface area contributed by atoms with Gasteiger partial charge in [0, 0.05) is 5.41 Å². The highest BCUT2D eigenvalue weighted by atomic mass is 16.4. The molecule has 0 saturated heterocycles. The Labute approximate surface area is 165 Å². The van der Waals surface area contributed by atoms with Crippen LogP contribution in [0.4, 0.5) is 0 Å². The first kappa shape index (κ1) is 19.6. The second-order valence-electron chi connectivity index (χ2n) is 7.17. The number of carboxylic acid groups (broad SMARTS) is 1. The fraction of sp³-hybridized carbons (Fsp3) is 0.208. The predicted molar refractivity (Wildman–Crippen MR) is 110 cm³/mol. The van der Waals surface area contributed by atoms with Crippen molar-refractivity contribution in [1.29, 1.82) is 0 Å². The maximum Gasteiger partial charge on any atom is 0.320 e. The summed E-state index contributed by atoms with van der Waals surface area (Å²) in [4.78, 5) is 11.4. The van der Waals surface area contributed by atoms with Gasteiger partial charge < -0.3 is 15.9 Å². The van der Waals surface area contributed by atoms with Gasteiger partial charge in [0.05, 0.1) is 0 Å². The summed E-state index contributed by atoms with van der Waals surface area (Å²) in [5, 5.41) is 19.5. The van der Waals surface area contributed by atoms with E-state index in [0.29, 0.717) is 12.8 Å². The fourth-order valence-electron chi connectivity index (χ4n) is 3.76. The maximum atomic E-state index is 11.4. The van der Waals surface area contributed by atoms with Crippen LogP contribution >= 0.6 is 0 Å². The third-order valence-electron chi connectivity index (χ3n) is 5.30. The number of nitrogens with two attached hydrogens (primary N) is 1. The average Bonchev–Trinajstić information content (AvgIpc) is 2.70. The molecule has 3 aromatic rings. The van der Waals surface area contributed by atoms with Crippen LogP contribution in [0.15, 0.2) is 78.9 Å². The second-order valence-corrected chi connectivity index (χ2v) is 7.17. The fourth-order valence-corrected chi connectivity index (χ4v) is 3.76. The molecule has 3 aromatic carbocycles. The van der Waals surface area contributed by atoms with Gasteiger partial charge in [-0.1, -0.05) is 72.3 Å². The zero-order valence-electron chi connectivity index (χ0n) is 15.9. The lowest BCUT2D eigenvalue weighted by atomic mass is 9.66. The first-order valence-corrected chi connectivity index (χ1v) is 9.34. The van der Waals surface area contributed by atoms with Gasteiger partial charge in [-0.15, -0.1) is 0 Å². The molecule has 0 aliphatic rings. The van der Waals surface area contributed by atoms with E-state index < -0.39 is 17.4 Å². The first-order chi connectivity index (χ1) is 13.4. The van der Waals surface area contributed by atoms with Crippen molar-refractivity contribution in [3.63, 3.8) is 0 Å². The molecular formula is C24H25NO3. The highest BCUT2D eigenvalue weighted by molar-refractivity contribution is 5.73. The van der Waals surface area contributed by atoms with Gasteiger partial charge in [-0.25, -0.2) is 0 Å². The van der Waals surface area contributed by atoms with Crippen LogP contribution in [0.5, 0.6) is 5.75 Å². The summed E-state index contributed by atoms with van der Waals surface area (Å²) in [6, 6.07) is 24.4. The highest BCUT2D eigenvalue weighted by Crippen LogP contribution is 2.44. The number of rotatable bonds is 7. The third-order valence-corrected chi connectivity index (χ3v) is 5.30. The Bertz CT molecular complexity index is 938. The molecule has 0 spiro atoms. The van der Waals surface area contributed by atoms with E-state index in [1.165, 1.54) is 0 Å². The zero-order chi connectivity index (χ0) is 20.1. The summed E-state index contributed by atoms with van der Waals surface area (Å²) in [6.45, 7) is 2.03. The van der Waals surface area contributed by atoms with Gasteiger partial charge in [-0.05, 0) is 48.6 Å². The summed E-state index contributed by atoms with van der Waals surface area (Å²) < 4.78 is 0. The molecule has 0 aliphatic heterocycles. The van der Waals surface area contributed by atoms with E-state index in [1.54, 1.807) is 12.1 Å². The van der Waals surface area contributed by atoms with Gasteiger partial charge in [0.1, 0.15) is 11.8 Å². The topological polar surface area (TPSA) is 83.6 Å². The number of aryl methyl sites for hydroxylation is 1. The van der Waals surface area contributed by atoms with E-state index in [0.717, 1.165) is 22.3 Å². The summed E-state index contributed by atoms with van der Waals surface area (Å²) in [5.74, 6) is -0.839. The monoisotopic (exact) mass is 375 g/mol. The van der Waals surface area contributed by atoms with Gasteiger partial charge >= 0.3 is 5.97 Å². The van der Waals surface area contributed by atoms with E-state index in [1.807, 2.05) is 61.5 Å². The molecule has 4 heteroatoms. The molecule has 2 unspecified atom stereocenters. The number of carbonyl (C=O) groups is 1. The highest BCUT2D eigenvalue weighted by Gasteiger charge is 2.37. The number of hydrogen-bond acceptors (Lipinski definition) is 3. The summed E-state index contributed by atoms with van der Waals surface area (Å²) in [5.41, 5.74) is 9.35. The Morgan fingerprint density at radius 1 is 0.929 bits per heavy atom. The molecule has 4 N–H and O–H groups in total. The van der Waals surface area contributed by atoms with Crippen LogP contribution in [0, 0.1) is 6.92 Å². The van der Waals surface area contributed by atoms with E-state index in [2.05, 4.69) is 12.1 Å². The van der Waals surface area contributed by atoms with Crippen molar-refractivity contribution in [3.05, 3.63) is 101 Å².